The van der Waals surface area contributed by atoms with Crippen molar-refractivity contribution in [3.63, 3.8) is 0 Å². The highest BCUT2D eigenvalue weighted by Crippen LogP contribution is 2.86. The molecule has 1 heterocycles. The van der Waals surface area contributed by atoms with Gasteiger partial charge in [0, 0.05) is 24.3 Å². The Labute approximate surface area is 444 Å². The Morgan fingerprint density at radius 3 is 0.854 bits per heavy atom. The first kappa shape index (κ1) is 32.3. The molecule has 35 rings (SSSR count). The molecule has 1 atom stereocenters. The SMILES string of the molecule is O=C(c1cc([N+](=O)[O-])cc([N+](=O)[O-])c1)N1CC23c4c5c6c7c8c9c(c%10c%11c2c2c4c4c%12c5c5c6c6c8c8c%13c9c9c%10c%10c%11c%11c2c2c4c4c%12c%12c5c5c6c8c6c8c%13c9c9c%10c%10c%11c2c2c4c4c%12c5c6c5c8c9c%10c2c45)C73C1C1=C=CC=C1. The third kappa shape index (κ3) is 1.86. The molecule has 1 fully saturated rings. The van der Waals surface area contributed by atoms with Gasteiger partial charge in [-0.2, -0.15) is 0 Å². The van der Waals surface area contributed by atoms with Gasteiger partial charge in [-0.25, -0.2) is 0 Å². The summed E-state index contributed by atoms with van der Waals surface area (Å²) in [4.78, 5) is 43.4. The van der Waals surface area contributed by atoms with Crippen molar-refractivity contribution in [2.24, 2.45) is 0 Å². The van der Waals surface area contributed by atoms with Crippen molar-refractivity contribution in [1.82, 2.24) is 4.90 Å². The van der Waals surface area contributed by atoms with Crippen molar-refractivity contribution >= 4 is 308 Å². The molecular weight excluding hydrogens is 1010 g/mol. The predicted molar refractivity (Wildman–Crippen MR) is 329 cm³/mol. The minimum Gasteiger partial charge on any atom is -0.328 e. The van der Waals surface area contributed by atoms with Gasteiger partial charge in [0.2, 0.25) is 0 Å². The minimum atomic E-state index is -0.897. The Hall–Kier alpha value is -10.8. The van der Waals surface area contributed by atoms with E-state index in [1.54, 1.807) is 10.8 Å². The molecule has 1 aliphatic heterocycles. The number of hydrogen-bond donors (Lipinski definition) is 0. The Morgan fingerprint density at radius 1 is 0.378 bits per heavy atom. The lowest BCUT2D eigenvalue weighted by Gasteiger charge is -2.51. The molecule has 1 amide bonds. The minimum absolute atomic E-state index is 0.0269. The van der Waals surface area contributed by atoms with E-state index in [1.165, 1.54) is 314 Å². The van der Waals surface area contributed by atoms with E-state index in [0.29, 0.717) is 6.54 Å². The number of nitro groups is 2. The fraction of sp³-hybridized carbons (Fsp3) is 0.0541. The largest absolute Gasteiger partial charge is 0.328 e. The number of amides is 1. The maximum Gasteiger partial charge on any atom is 0.277 e. The van der Waals surface area contributed by atoms with Gasteiger partial charge in [0.25, 0.3) is 17.3 Å². The summed E-state index contributed by atoms with van der Waals surface area (Å²) in [5.41, 5.74) is 7.65. The van der Waals surface area contributed by atoms with E-state index in [9.17, 15) is 20.2 Å². The molecule has 6 aliphatic rings. The molecule has 8 heteroatoms. The summed E-state index contributed by atoms with van der Waals surface area (Å²) in [6.07, 6.45) is 6.27. The van der Waals surface area contributed by atoms with Crippen molar-refractivity contribution in [1.29, 1.82) is 0 Å². The van der Waals surface area contributed by atoms with E-state index in [-0.39, 0.29) is 5.56 Å². The van der Waals surface area contributed by atoms with E-state index < -0.39 is 44.0 Å². The number of rotatable bonds is 4. The summed E-state index contributed by atoms with van der Waals surface area (Å²) >= 11 is 0. The van der Waals surface area contributed by atoms with Crippen molar-refractivity contribution in [2.75, 3.05) is 6.54 Å². The van der Waals surface area contributed by atoms with E-state index in [1.807, 2.05) is 6.08 Å². The van der Waals surface area contributed by atoms with Gasteiger partial charge >= 0.3 is 0 Å². The zero-order valence-corrected chi connectivity index (χ0v) is 41.1. The van der Waals surface area contributed by atoms with Crippen LogP contribution >= 0.6 is 0 Å². The number of carbonyl (C=O) groups excluding carboxylic acids is 1. The van der Waals surface area contributed by atoms with Gasteiger partial charge in [-0.3, -0.25) is 25.0 Å². The van der Waals surface area contributed by atoms with Crippen LogP contribution in [0.4, 0.5) is 11.4 Å². The summed E-state index contributed by atoms with van der Waals surface area (Å²) in [6, 6.07) is 2.95. The van der Waals surface area contributed by atoms with Crippen LogP contribution in [0.5, 0.6) is 0 Å². The number of benzene rings is 19. The van der Waals surface area contributed by atoms with Gasteiger partial charge in [0.15, 0.2) is 0 Å². The topological polar surface area (TPSA) is 107 Å². The van der Waals surface area contributed by atoms with E-state index in [4.69, 9.17) is 0 Å². The Bertz CT molecular complexity index is 8020. The molecule has 2 spiro atoms. The van der Waals surface area contributed by atoms with Gasteiger partial charge in [0.1, 0.15) is 0 Å². The third-order valence-corrected chi connectivity index (χ3v) is 27.4. The quantitative estimate of drug-likeness (QED) is 0.0755. The van der Waals surface area contributed by atoms with Crippen LogP contribution in [-0.2, 0) is 10.8 Å². The molecule has 1 saturated heterocycles. The lowest BCUT2D eigenvalue weighted by atomic mass is 9.47. The molecule has 0 radical (unpaired) electrons. The molecule has 82 heavy (non-hydrogen) atoms. The van der Waals surface area contributed by atoms with Crippen molar-refractivity contribution in [2.45, 2.75) is 16.9 Å². The van der Waals surface area contributed by atoms with Crippen LogP contribution < -0.4 is 0 Å². The first-order valence-electron chi connectivity index (χ1n) is 29.1. The first-order chi connectivity index (χ1) is 40.4. The summed E-state index contributed by atoms with van der Waals surface area (Å²) < 4.78 is 0. The average molecular weight is 1020 g/mol. The highest BCUT2D eigenvalue weighted by molar-refractivity contribution is 6.82. The molecule has 0 bridgehead atoms. The molecule has 29 aromatic carbocycles. The molecule has 1 unspecified atom stereocenters. The van der Waals surface area contributed by atoms with Crippen LogP contribution in [0.2, 0.25) is 0 Å². The van der Waals surface area contributed by atoms with Crippen LogP contribution in [0.1, 0.15) is 32.6 Å². The first-order valence-corrected chi connectivity index (χ1v) is 29.1. The lowest BCUT2D eigenvalue weighted by Crippen LogP contribution is -2.55. The second-order valence-electron chi connectivity index (χ2n) is 28.2. The van der Waals surface area contributed by atoms with Gasteiger partial charge in [-0.05, 0) is 325 Å². The second-order valence-corrected chi connectivity index (χ2v) is 28.2. The molecule has 0 saturated carbocycles. The van der Waals surface area contributed by atoms with Gasteiger partial charge < -0.3 is 4.90 Å². The number of nitro benzene ring substituents is 2. The lowest BCUT2D eigenvalue weighted by molar-refractivity contribution is -0.394. The summed E-state index contributed by atoms with van der Waals surface area (Å²) in [5.74, 6) is -0.414. The third-order valence-electron chi connectivity index (χ3n) is 27.4. The summed E-state index contributed by atoms with van der Waals surface area (Å²) in [5, 5.41) is 106. The summed E-state index contributed by atoms with van der Waals surface area (Å²) in [7, 11) is 0. The second kappa shape index (κ2) is 7.61. The number of likely N-dealkylation sites (tertiary alicyclic amines) is 1. The number of non-ortho nitro benzene ring substituents is 2. The standard InChI is InChI=1S/C74H9N3O5/c78-72(10-5-11(76(79)80)7-12(6-10)77(81)82)75-8-73-67-59-51-41-31-23-15-13-14-17-21-19(15)27-35-29(21)39-33-25(17)26-18(14)22-20-16(13)24(23)32-38-28(20)36-30(22)40-34(26)44-43(33)55-49(39)57-47(35)53(45(51)37(27)31)61(67)63(57)69-65(55)66-56(44)50(40)58-48(36)54-46(38)52(42(32)41)60(59)68(73)62(54)64(58)70(66)74(69,73)71(75)9-3-1-2-4-9/h1-3,5-7,71H,8H2. The highest BCUT2D eigenvalue weighted by atomic mass is 16.6. The van der Waals surface area contributed by atoms with Crippen LogP contribution in [0.3, 0.4) is 0 Å². The Balaban J connectivity index is 1.00. The molecule has 350 valence electrons. The van der Waals surface area contributed by atoms with Crippen LogP contribution in [0, 0.1) is 20.2 Å². The molecule has 5 aliphatic carbocycles. The van der Waals surface area contributed by atoms with Crippen molar-refractivity contribution < 1.29 is 14.6 Å². The van der Waals surface area contributed by atoms with Gasteiger partial charge in [0.05, 0.1) is 38.3 Å². The van der Waals surface area contributed by atoms with E-state index >= 15 is 4.79 Å². The normalized spacial score (nSPS) is 22.3. The predicted octanol–water partition coefficient (Wildman–Crippen LogP) is 18.3. The number of nitrogens with zero attached hydrogens (tertiary/aromatic N) is 3. The molecule has 8 nitrogen and oxygen atoms in total. The maximum absolute atomic E-state index is 16.8. The van der Waals surface area contributed by atoms with E-state index in [2.05, 4.69) is 22.8 Å². The van der Waals surface area contributed by atoms with E-state index in [0.717, 1.165) is 11.6 Å². The smallest absolute Gasteiger partial charge is 0.277 e. The van der Waals surface area contributed by atoms with Gasteiger partial charge in [-0.15, -0.1) is 5.73 Å². The van der Waals surface area contributed by atoms with Gasteiger partial charge in [-0.1, -0.05) is 6.08 Å². The fourth-order valence-corrected chi connectivity index (χ4v) is 27.0. The summed E-state index contributed by atoms with van der Waals surface area (Å²) in [6.45, 7) is 0.307. The van der Waals surface area contributed by atoms with Crippen LogP contribution in [-0.4, -0.2) is 33.2 Å². The molecule has 0 aromatic heterocycles. The average Bonchev–Trinajstić information content (AvgIpc) is 1.38. The zero-order valence-electron chi connectivity index (χ0n) is 41.1. The number of hydrogen-bond acceptors (Lipinski definition) is 5. The van der Waals surface area contributed by atoms with Crippen molar-refractivity contribution in [3.05, 3.63) is 95.8 Å². The van der Waals surface area contributed by atoms with Crippen LogP contribution in [0.15, 0.2) is 47.7 Å². The fourth-order valence-electron chi connectivity index (χ4n) is 27.0. The number of allylic oxidation sites excluding steroid dienone is 1. The molecule has 0 N–H and O–H groups in total. The number of carbonyl (C=O) groups is 1. The Morgan fingerprint density at radius 2 is 0.622 bits per heavy atom. The highest BCUT2D eigenvalue weighted by Gasteiger charge is 2.77. The van der Waals surface area contributed by atoms with Crippen molar-refractivity contribution in [3.8, 4) is 0 Å². The van der Waals surface area contributed by atoms with Crippen LogP contribution in [0.25, 0.3) is 291 Å². The maximum atomic E-state index is 16.8. The molecular formula is C74H9N3O5. The monoisotopic (exact) mass is 1020 g/mol. The molecule has 29 aromatic rings. The zero-order chi connectivity index (χ0) is 50.3. The Kier molecular flexibility index (Phi) is 3.00.